The fourth-order valence-electron chi connectivity index (χ4n) is 6.92. The summed E-state index contributed by atoms with van der Waals surface area (Å²) in [5.74, 6) is -3.91. The number of anilines is 1. The molecule has 0 bridgehead atoms. The molecule has 214 valence electrons. The highest BCUT2D eigenvalue weighted by atomic mass is 16.5. The molecule has 1 aliphatic heterocycles. The summed E-state index contributed by atoms with van der Waals surface area (Å²) in [6.45, 7) is 3.05. The lowest BCUT2D eigenvalue weighted by Gasteiger charge is -2.42. The molecule has 1 N–H and O–H groups in total. The van der Waals surface area contributed by atoms with E-state index in [1.54, 1.807) is 43.3 Å². The van der Waals surface area contributed by atoms with Crippen molar-refractivity contribution in [1.29, 1.82) is 0 Å². The van der Waals surface area contributed by atoms with Crippen LogP contribution in [-0.4, -0.2) is 48.5 Å². The predicted octanol–water partition coefficient (Wildman–Crippen LogP) is 4.25. The van der Waals surface area contributed by atoms with Gasteiger partial charge in [-0.2, -0.15) is 0 Å². The Morgan fingerprint density at radius 1 is 0.952 bits per heavy atom. The molecule has 1 fully saturated rings. The fourth-order valence-corrected chi connectivity index (χ4v) is 6.92. The van der Waals surface area contributed by atoms with Crippen LogP contribution in [0.4, 0.5) is 5.69 Å². The maximum absolute atomic E-state index is 14.0. The van der Waals surface area contributed by atoms with Gasteiger partial charge in [-0.05, 0) is 80.6 Å². The molecule has 1 heterocycles. The fraction of sp³-hybridized carbons (Fsp3) is 0.303. The van der Waals surface area contributed by atoms with Gasteiger partial charge in [-0.25, -0.2) is 0 Å². The summed E-state index contributed by atoms with van der Waals surface area (Å²) in [7, 11) is 2.80. The van der Waals surface area contributed by atoms with E-state index in [0.29, 0.717) is 33.5 Å². The molecule has 3 aliphatic carbocycles. The third kappa shape index (κ3) is 3.94. The van der Waals surface area contributed by atoms with E-state index in [4.69, 9.17) is 9.47 Å². The quantitative estimate of drug-likeness (QED) is 0.246. The van der Waals surface area contributed by atoms with Gasteiger partial charge in [0, 0.05) is 28.2 Å². The molecule has 0 saturated carbocycles. The smallest absolute Gasteiger partial charge is 0.238 e. The molecule has 0 aromatic heterocycles. The van der Waals surface area contributed by atoms with E-state index in [1.807, 2.05) is 6.08 Å². The number of carbonyl (C=O) groups is 5. The van der Waals surface area contributed by atoms with Gasteiger partial charge in [-0.15, -0.1) is 0 Å². The van der Waals surface area contributed by atoms with E-state index in [1.165, 1.54) is 32.1 Å². The van der Waals surface area contributed by atoms with E-state index < -0.39 is 23.7 Å². The van der Waals surface area contributed by atoms with Gasteiger partial charge in [0.05, 0.1) is 31.7 Å². The molecule has 1 saturated heterocycles. The average Bonchev–Trinajstić information content (AvgIpc) is 3.24. The molecular formula is C33H29NO8. The van der Waals surface area contributed by atoms with Crippen LogP contribution in [0, 0.1) is 17.8 Å². The van der Waals surface area contributed by atoms with E-state index in [0.717, 1.165) is 5.57 Å². The van der Waals surface area contributed by atoms with E-state index in [-0.39, 0.29) is 59.3 Å². The molecule has 2 aromatic rings. The number of imide groups is 1. The number of amides is 2. The minimum absolute atomic E-state index is 0.126. The van der Waals surface area contributed by atoms with Crippen molar-refractivity contribution in [3.63, 3.8) is 0 Å². The number of carbonyl (C=O) groups excluding carboxylic acids is 5. The minimum atomic E-state index is -0.739. The van der Waals surface area contributed by atoms with Gasteiger partial charge < -0.3 is 14.6 Å². The number of benzene rings is 2. The minimum Gasteiger partial charge on any atom is -0.502 e. The van der Waals surface area contributed by atoms with Crippen molar-refractivity contribution in [2.24, 2.45) is 17.8 Å². The number of nitrogens with zero attached hydrogens (tertiary/aromatic N) is 1. The summed E-state index contributed by atoms with van der Waals surface area (Å²) in [6, 6.07) is 9.58. The number of hydrogen-bond donors (Lipinski definition) is 1. The van der Waals surface area contributed by atoms with Crippen molar-refractivity contribution in [2.45, 2.75) is 32.6 Å². The van der Waals surface area contributed by atoms with E-state index in [9.17, 15) is 29.1 Å². The van der Waals surface area contributed by atoms with Crippen LogP contribution in [0.25, 0.3) is 0 Å². The zero-order valence-corrected chi connectivity index (χ0v) is 23.6. The lowest BCUT2D eigenvalue weighted by molar-refractivity contribution is -0.123. The van der Waals surface area contributed by atoms with Crippen molar-refractivity contribution in [1.82, 2.24) is 0 Å². The van der Waals surface area contributed by atoms with Crippen molar-refractivity contribution in [3.05, 3.63) is 82.0 Å². The third-order valence-electron chi connectivity index (χ3n) is 8.93. The van der Waals surface area contributed by atoms with Crippen LogP contribution in [-0.2, 0) is 19.2 Å². The number of allylic oxidation sites excluding steroid dienone is 6. The molecule has 4 unspecified atom stereocenters. The Morgan fingerprint density at radius 3 is 2.19 bits per heavy atom. The Kier molecular flexibility index (Phi) is 6.48. The van der Waals surface area contributed by atoms with Crippen molar-refractivity contribution in [2.75, 3.05) is 19.1 Å². The lowest BCUT2D eigenvalue weighted by atomic mass is 9.59. The SMILES string of the molecule is COc1cc(C2C3=CCC4C(=O)N(c5ccc(C(C)=O)cc5)C(=O)C4C3CC3=C2C(=O)C(C)=CC3=O)cc(OC)c1O. The van der Waals surface area contributed by atoms with Crippen molar-refractivity contribution >= 4 is 34.9 Å². The molecule has 9 heteroatoms. The van der Waals surface area contributed by atoms with Crippen LogP contribution in [0.15, 0.2) is 70.8 Å². The van der Waals surface area contributed by atoms with Crippen LogP contribution >= 0.6 is 0 Å². The zero-order chi connectivity index (χ0) is 30.0. The average molecular weight is 568 g/mol. The lowest BCUT2D eigenvalue weighted by Crippen LogP contribution is -2.39. The summed E-state index contributed by atoms with van der Waals surface area (Å²) < 4.78 is 10.8. The summed E-state index contributed by atoms with van der Waals surface area (Å²) in [5, 5.41) is 10.6. The Morgan fingerprint density at radius 2 is 1.60 bits per heavy atom. The van der Waals surface area contributed by atoms with E-state index in [2.05, 4.69) is 0 Å². The second-order valence-electron chi connectivity index (χ2n) is 11.1. The van der Waals surface area contributed by atoms with Crippen molar-refractivity contribution < 1.29 is 38.6 Å². The van der Waals surface area contributed by atoms with Crippen molar-refractivity contribution in [3.8, 4) is 17.2 Å². The number of ketones is 3. The number of fused-ring (bicyclic) bond motifs is 3. The first-order valence-electron chi connectivity index (χ1n) is 13.7. The van der Waals surface area contributed by atoms with Gasteiger partial charge in [0.2, 0.25) is 17.6 Å². The van der Waals surface area contributed by atoms with Gasteiger partial charge in [-0.3, -0.25) is 28.9 Å². The van der Waals surface area contributed by atoms with Gasteiger partial charge in [0.1, 0.15) is 0 Å². The first-order valence-corrected chi connectivity index (χ1v) is 13.7. The predicted molar refractivity (Wildman–Crippen MR) is 151 cm³/mol. The Hall–Kier alpha value is -4.79. The molecule has 2 amide bonds. The Labute approximate surface area is 242 Å². The number of ether oxygens (including phenoxy) is 2. The first kappa shape index (κ1) is 27.4. The summed E-state index contributed by atoms with van der Waals surface area (Å²) in [4.78, 5) is 67.6. The van der Waals surface area contributed by atoms with Crippen LogP contribution in [0.5, 0.6) is 17.2 Å². The number of aromatic hydroxyl groups is 1. The molecular weight excluding hydrogens is 538 g/mol. The molecule has 0 spiro atoms. The Bertz CT molecular complexity index is 1670. The molecule has 6 rings (SSSR count). The third-order valence-corrected chi connectivity index (χ3v) is 8.93. The number of methoxy groups -OCH3 is 2. The second kappa shape index (κ2) is 9.94. The Balaban J connectivity index is 1.48. The van der Waals surface area contributed by atoms with Gasteiger partial charge in [-0.1, -0.05) is 11.6 Å². The maximum Gasteiger partial charge on any atom is 0.238 e. The van der Waals surface area contributed by atoms with Gasteiger partial charge >= 0.3 is 0 Å². The van der Waals surface area contributed by atoms with Crippen LogP contribution in [0.1, 0.15) is 48.5 Å². The number of rotatable bonds is 5. The van der Waals surface area contributed by atoms with Crippen LogP contribution in [0.3, 0.4) is 0 Å². The topological polar surface area (TPSA) is 127 Å². The maximum atomic E-state index is 14.0. The zero-order valence-electron chi connectivity index (χ0n) is 23.6. The molecule has 2 aromatic carbocycles. The second-order valence-corrected chi connectivity index (χ2v) is 11.1. The highest BCUT2D eigenvalue weighted by molar-refractivity contribution is 6.25. The van der Waals surface area contributed by atoms with Crippen LogP contribution in [0.2, 0.25) is 0 Å². The molecule has 4 aliphatic rings. The number of phenolic OH excluding ortho intramolecular Hbond substituents is 1. The van der Waals surface area contributed by atoms with Crippen LogP contribution < -0.4 is 14.4 Å². The first-order chi connectivity index (χ1) is 20.1. The monoisotopic (exact) mass is 567 g/mol. The number of phenols is 1. The molecule has 4 atom stereocenters. The standard InChI is InChI=1S/C33H29NO8/c1-15-11-24(36)23-14-22-20(27(29(23)30(15)37)18-12-25(41-3)31(38)26(13-18)42-4)9-10-21-28(22)33(40)34(32(21)39)19-7-5-17(6-8-19)16(2)35/h5-9,11-13,21-22,27-28,38H,10,14H2,1-4H3. The highest BCUT2D eigenvalue weighted by Crippen LogP contribution is 2.56. The summed E-state index contributed by atoms with van der Waals surface area (Å²) >= 11 is 0. The van der Waals surface area contributed by atoms with E-state index >= 15 is 0 Å². The molecule has 0 radical (unpaired) electrons. The summed E-state index contributed by atoms with van der Waals surface area (Å²) in [5.41, 5.74) is 3.17. The molecule has 42 heavy (non-hydrogen) atoms. The number of hydrogen-bond acceptors (Lipinski definition) is 8. The highest BCUT2D eigenvalue weighted by Gasteiger charge is 2.56. The van der Waals surface area contributed by atoms with Gasteiger partial charge in [0.15, 0.2) is 28.8 Å². The summed E-state index contributed by atoms with van der Waals surface area (Å²) in [6.07, 6.45) is 3.68. The van der Waals surface area contributed by atoms with Gasteiger partial charge in [0.25, 0.3) is 0 Å². The number of Topliss-reactive ketones (excluding diaryl/α,β-unsaturated/α-hetero) is 2. The normalized spacial score (nSPS) is 25.0. The largest absolute Gasteiger partial charge is 0.502 e. The molecule has 9 nitrogen and oxygen atoms in total.